The first-order valence-corrected chi connectivity index (χ1v) is 8.03. The molecule has 3 atom stereocenters. The second-order valence-corrected chi connectivity index (χ2v) is 6.80. The van der Waals surface area contributed by atoms with Gasteiger partial charge in [-0.3, -0.25) is 9.69 Å². The summed E-state index contributed by atoms with van der Waals surface area (Å²) in [4.78, 5) is 17.0. The number of carbonyl (C=O) groups excluding carboxylic acids is 1. The second-order valence-electron chi connectivity index (χ2n) is 5.31. The van der Waals surface area contributed by atoms with Gasteiger partial charge in [0.1, 0.15) is 0 Å². The van der Waals surface area contributed by atoms with Crippen LogP contribution < -0.4 is 5.32 Å². The fraction of sp³-hybridized carbons (Fsp3) is 0.923. The molecule has 0 aromatic carbocycles. The molecule has 1 N–H and O–H groups in total. The zero-order valence-electron chi connectivity index (χ0n) is 11.7. The van der Waals surface area contributed by atoms with Crippen LogP contribution in [-0.2, 0) is 4.79 Å². The number of nitrogens with one attached hydrogen (secondary N) is 1. The third-order valence-corrected chi connectivity index (χ3v) is 5.56. The van der Waals surface area contributed by atoms with Crippen LogP contribution in [-0.4, -0.2) is 71.5 Å². The molecule has 0 bridgehead atoms. The minimum Gasteiger partial charge on any atom is -0.337 e. The molecule has 0 spiro atoms. The maximum Gasteiger partial charge on any atom is 0.239 e. The first-order chi connectivity index (χ1) is 8.61. The van der Waals surface area contributed by atoms with E-state index in [0.29, 0.717) is 17.2 Å². The quantitative estimate of drug-likeness (QED) is 0.799. The number of amides is 1. The van der Waals surface area contributed by atoms with Gasteiger partial charge >= 0.3 is 0 Å². The van der Waals surface area contributed by atoms with Crippen molar-refractivity contribution < 1.29 is 4.79 Å². The first kappa shape index (κ1) is 14.2. The zero-order chi connectivity index (χ0) is 13.1. The van der Waals surface area contributed by atoms with E-state index in [9.17, 15) is 4.79 Å². The number of piperazine rings is 1. The molecule has 18 heavy (non-hydrogen) atoms. The number of nitrogens with zero attached hydrogens (tertiary/aromatic N) is 2. The summed E-state index contributed by atoms with van der Waals surface area (Å²) in [5.41, 5.74) is 0. The van der Waals surface area contributed by atoms with Crippen LogP contribution in [0.5, 0.6) is 0 Å². The molecule has 2 heterocycles. The molecular formula is C13H25N3OS. The van der Waals surface area contributed by atoms with Crippen LogP contribution in [0.15, 0.2) is 0 Å². The van der Waals surface area contributed by atoms with Gasteiger partial charge in [0.15, 0.2) is 0 Å². The Labute approximate surface area is 114 Å². The molecule has 0 aromatic rings. The highest BCUT2D eigenvalue weighted by Crippen LogP contribution is 2.25. The van der Waals surface area contributed by atoms with Crippen molar-refractivity contribution in [3.05, 3.63) is 0 Å². The van der Waals surface area contributed by atoms with Gasteiger partial charge in [0.05, 0.1) is 6.04 Å². The summed E-state index contributed by atoms with van der Waals surface area (Å²) in [5, 5.41) is 3.89. The second kappa shape index (κ2) is 6.26. The fourth-order valence-electron chi connectivity index (χ4n) is 2.71. The third kappa shape index (κ3) is 3.00. The van der Waals surface area contributed by atoms with Crippen LogP contribution in [0.3, 0.4) is 0 Å². The lowest BCUT2D eigenvalue weighted by atomic mass is 10.1. The van der Waals surface area contributed by atoms with Crippen LogP contribution in [0.25, 0.3) is 0 Å². The van der Waals surface area contributed by atoms with Crippen LogP contribution in [0.1, 0.15) is 20.8 Å². The zero-order valence-corrected chi connectivity index (χ0v) is 12.5. The molecule has 3 unspecified atom stereocenters. The topological polar surface area (TPSA) is 35.6 Å². The summed E-state index contributed by atoms with van der Waals surface area (Å²) >= 11 is 1.98. The van der Waals surface area contributed by atoms with E-state index in [-0.39, 0.29) is 6.04 Å². The molecule has 0 saturated carbocycles. The number of hydrogen-bond donors (Lipinski definition) is 1. The molecule has 0 radical (unpaired) electrons. The Morgan fingerprint density at radius 2 is 1.94 bits per heavy atom. The molecule has 0 aromatic heterocycles. The summed E-state index contributed by atoms with van der Waals surface area (Å²) in [6, 6.07) is 0.395. The molecule has 2 aliphatic rings. The minimum absolute atomic E-state index is 0.0323. The lowest BCUT2D eigenvalue weighted by Gasteiger charge is -2.41. The lowest BCUT2D eigenvalue weighted by Crippen LogP contribution is -2.57. The monoisotopic (exact) mass is 271 g/mol. The highest BCUT2D eigenvalue weighted by molar-refractivity contribution is 8.00. The van der Waals surface area contributed by atoms with Gasteiger partial charge in [0.2, 0.25) is 5.91 Å². The maximum atomic E-state index is 12.6. The van der Waals surface area contributed by atoms with Crippen molar-refractivity contribution in [3.8, 4) is 0 Å². The Bertz CT molecular complexity index is 294. The number of rotatable bonds is 2. The van der Waals surface area contributed by atoms with E-state index < -0.39 is 0 Å². The summed E-state index contributed by atoms with van der Waals surface area (Å²) in [6.45, 7) is 11.3. The Balaban J connectivity index is 1.96. The lowest BCUT2D eigenvalue weighted by molar-refractivity contribution is -0.138. The van der Waals surface area contributed by atoms with Gasteiger partial charge < -0.3 is 10.2 Å². The van der Waals surface area contributed by atoms with Crippen molar-refractivity contribution >= 4 is 17.7 Å². The molecule has 2 aliphatic heterocycles. The van der Waals surface area contributed by atoms with Crippen molar-refractivity contribution in [3.63, 3.8) is 0 Å². The van der Waals surface area contributed by atoms with Crippen LogP contribution in [0, 0.1) is 0 Å². The molecule has 104 valence electrons. The summed E-state index contributed by atoms with van der Waals surface area (Å²) in [5.74, 6) is 1.39. The molecule has 5 heteroatoms. The standard InChI is InChI=1S/C13H25N3OS/c1-10-12(3)18-9-8-16(10)13(17)11(2)15-6-4-14-5-7-15/h10-12,14H,4-9H2,1-3H3. The number of thioether (sulfide) groups is 1. The van der Waals surface area contributed by atoms with Gasteiger partial charge in [0.25, 0.3) is 0 Å². The van der Waals surface area contributed by atoms with Crippen molar-refractivity contribution in [2.45, 2.75) is 38.1 Å². The number of hydrogen-bond acceptors (Lipinski definition) is 4. The third-order valence-electron chi connectivity index (χ3n) is 4.22. The predicted octanol–water partition coefficient (Wildman–Crippen LogP) is 0.633. The summed E-state index contributed by atoms with van der Waals surface area (Å²) in [7, 11) is 0. The fourth-order valence-corrected chi connectivity index (χ4v) is 3.81. The van der Waals surface area contributed by atoms with Gasteiger partial charge in [-0.05, 0) is 13.8 Å². The highest BCUT2D eigenvalue weighted by atomic mass is 32.2. The Hall–Kier alpha value is -0.260. The van der Waals surface area contributed by atoms with E-state index >= 15 is 0 Å². The van der Waals surface area contributed by atoms with Crippen molar-refractivity contribution in [1.82, 2.24) is 15.1 Å². The van der Waals surface area contributed by atoms with Crippen molar-refractivity contribution in [2.24, 2.45) is 0 Å². The molecule has 1 amide bonds. The average molecular weight is 271 g/mol. The van der Waals surface area contributed by atoms with Gasteiger partial charge in [-0.2, -0.15) is 11.8 Å². The SMILES string of the molecule is CC1SCCN(C(=O)C(C)N2CCNCC2)C1C. The molecular weight excluding hydrogens is 246 g/mol. The predicted molar refractivity (Wildman–Crippen MR) is 77.0 cm³/mol. The number of carbonyl (C=O) groups is 1. The van der Waals surface area contributed by atoms with Crippen molar-refractivity contribution in [1.29, 1.82) is 0 Å². The summed E-state index contributed by atoms with van der Waals surface area (Å²) in [6.07, 6.45) is 0. The highest BCUT2D eigenvalue weighted by Gasteiger charge is 2.33. The Morgan fingerprint density at radius 3 is 2.61 bits per heavy atom. The van der Waals surface area contributed by atoms with Gasteiger partial charge in [-0.25, -0.2) is 0 Å². The molecule has 0 aliphatic carbocycles. The average Bonchev–Trinajstić information content (AvgIpc) is 2.41. The van der Waals surface area contributed by atoms with E-state index in [1.54, 1.807) is 0 Å². The van der Waals surface area contributed by atoms with Crippen LogP contribution in [0.2, 0.25) is 0 Å². The van der Waals surface area contributed by atoms with Gasteiger partial charge in [0, 0.05) is 49.8 Å². The van der Waals surface area contributed by atoms with Gasteiger partial charge in [-0.15, -0.1) is 0 Å². The molecule has 2 fully saturated rings. The van der Waals surface area contributed by atoms with E-state index in [2.05, 4.69) is 35.9 Å². The van der Waals surface area contributed by atoms with E-state index in [1.807, 2.05) is 11.8 Å². The van der Waals surface area contributed by atoms with Crippen LogP contribution in [0.4, 0.5) is 0 Å². The summed E-state index contributed by atoms with van der Waals surface area (Å²) < 4.78 is 0. The Morgan fingerprint density at radius 1 is 1.28 bits per heavy atom. The molecule has 4 nitrogen and oxygen atoms in total. The Kier molecular flexibility index (Phi) is 4.92. The normalized spacial score (nSPS) is 32.3. The smallest absolute Gasteiger partial charge is 0.239 e. The minimum atomic E-state index is 0.0323. The molecule has 2 rings (SSSR count). The van der Waals surface area contributed by atoms with Crippen molar-refractivity contribution in [2.75, 3.05) is 38.5 Å². The first-order valence-electron chi connectivity index (χ1n) is 6.98. The largest absolute Gasteiger partial charge is 0.337 e. The van der Waals surface area contributed by atoms with E-state index in [1.165, 1.54) is 0 Å². The van der Waals surface area contributed by atoms with Gasteiger partial charge in [-0.1, -0.05) is 6.92 Å². The van der Waals surface area contributed by atoms with E-state index in [4.69, 9.17) is 0 Å². The van der Waals surface area contributed by atoms with Crippen LogP contribution >= 0.6 is 11.8 Å². The molecule has 2 saturated heterocycles. The van der Waals surface area contributed by atoms with E-state index in [0.717, 1.165) is 38.5 Å². The maximum absolute atomic E-state index is 12.6.